The molecule has 2 aliphatic rings. The molecule has 29 heavy (non-hydrogen) atoms. The number of anilines is 1. The third-order valence-corrected chi connectivity index (χ3v) is 8.52. The molecule has 0 heterocycles. The molecule has 2 aliphatic carbocycles. The van der Waals surface area contributed by atoms with Gasteiger partial charge in [-0.05, 0) is 73.6 Å². The van der Waals surface area contributed by atoms with E-state index in [0.717, 1.165) is 25.7 Å². The topological polar surface area (TPSA) is 92.3 Å². The van der Waals surface area contributed by atoms with Crippen LogP contribution in [0.4, 0.5) is 5.69 Å². The van der Waals surface area contributed by atoms with Crippen molar-refractivity contribution in [2.24, 2.45) is 0 Å². The van der Waals surface area contributed by atoms with Crippen molar-refractivity contribution in [1.29, 1.82) is 0 Å². The van der Waals surface area contributed by atoms with Crippen molar-refractivity contribution in [2.45, 2.75) is 66.7 Å². The average molecular weight is 435 g/mol. The molecule has 8 heteroatoms. The molecule has 4 rings (SSSR count). The van der Waals surface area contributed by atoms with Crippen LogP contribution in [-0.2, 0) is 20.0 Å². The van der Waals surface area contributed by atoms with Crippen LogP contribution in [-0.4, -0.2) is 22.9 Å². The minimum Gasteiger partial charge on any atom is -0.280 e. The first-order valence-corrected chi connectivity index (χ1v) is 13.1. The van der Waals surface area contributed by atoms with E-state index in [1.807, 2.05) is 12.1 Å². The highest BCUT2D eigenvalue weighted by Crippen LogP contribution is 2.33. The molecule has 2 saturated carbocycles. The van der Waals surface area contributed by atoms with E-state index >= 15 is 0 Å². The van der Waals surface area contributed by atoms with Gasteiger partial charge in [-0.15, -0.1) is 0 Å². The Morgan fingerprint density at radius 2 is 1.21 bits per heavy atom. The third kappa shape index (κ3) is 4.99. The molecule has 0 bridgehead atoms. The molecule has 156 valence electrons. The monoisotopic (exact) mass is 434 g/mol. The van der Waals surface area contributed by atoms with Crippen LogP contribution in [0.25, 0.3) is 0 Å². The lowest BCUT2D eigenvalue weighted by atomic mass is 9.84. The van der Waals surface area contributed by atoms with Crippen LogP contribution < -0.4 is 9.44 Å². The van der Waals surface area contributed by atoms with Crippen LogP contribution in [0, 0.1) is 0 Å². The maximum absolute atomic E-state index is 12.7. The zero-order valence-corrected chi connectivity index (χ0v) is 17.8. The molecule has 2 aromatic carbocycles. The van der Waals surface area contributed by atoms with E-state index < -0.39 is 20.0 Å². The molecule has 6 nitrogen and oxygen atoms in total. The van der Waals surface area contributed by atoms with Gasteiger partial charge in [-0.2, -0.15) is 0 Å². The van der Waals surface area contributed by atoms with Crippen LogP contribution in [0.3, 0.4) is 0 Å². The van der Waals surface area contributed by atoms with E-state index in [1.165, 1.54) is 49.1 Å². The van der Waals surface area contributed by atoms with Gasteiger partial charge in [0, 0.05) is 11.7 Å². The van der Waals surface area contributed by atoms with Gasteiger partial charge in [0.25, 0.3) is 10.0 Å². The van der Waals surface area contributed by atoms with Crippen molar-refractivity contribution in [2.75, 3.05) is 4.72 Å². The summed E-state index contributed by atoms with van der Waals surface area (Å²) in [4.78, 5) is 0.327. The normalized spacial score (nSPS) is 18.5. The van der Waals surface area contributed by atoms with Crippen molar-refractivity contribution in [3.63, 3.8) is 0 Å². The lowest BCUT2D eigenvalue weighted by molar-refractivity contribution is 0.443. The number of hydrogen-bond donors (Lipinski definition) is 2. The quantitative estimate of drug-likeness (QED) is 0.689. The lowest BCUT2D eigenvalue weighted by Gasteiger charge is -2.22. The minimum absolute atomic E-state index is 0.0229. The van der Waals surface area contributed by atoms with E-state index in [9.17, 15) is 16.8 Å². The summed E-state index contributed by atoms with van der Waals surface area (Å²) < 4.78 is 54.9. The summed E-state index contributed by atoms with van der Waals surface area (Å²) in [5, 5.41) is 0. The van der Waals surface area contributed by atoms with Crippen LogP contribution in [0.2, 0.25) is 0 Å². The largest absolute Gasteiger partial charge is 0.280 e. The number of sulfonamides is 2. The van der Waals surface area contributed by atoms with E-state index in [0.29, 0.717) is 11.6 Å². The highest BCUT2D eigenvalue weighted by Gasteiger charge is 2.28. The van der Waals surface area contributed by atoms with Gasteiger partial charge < -0.3 is 0 Å². The molecule has 0 radical (unpaired) electrons. The maximum Gasteiger partial charge on any atom is 0.261 e. The first-order chi connectivity index (χ1) is 13.8. The second-order valence-corrected chi connectivity index (χ2v) is 11.3. The highest BCUT2D eigenvalue weighted by atomic mass is 32.2. The zero-order valence-electron chi connectivity index (χ0n) is 16.2. The van der Waals surface area contributed by atoms with Crippen LogP contribution in [0.15, 0.2) is 58.3 Å². The fourth-order valence-corrected chi connectivity index (χ4v) is 6.12. The van der Waals surface area contributed by atoms with E-state index in [2.05, 4.69) is 9.44 Å². The number of benzene rings is 2. The Morgan fingerprint density at radius 3 is 1.79 bits per heavy atom. The Labute approximate surface area is 172 Å². The third-order valence-electron chi connectivity index (χ3n) is 5.58. The predicted molar refractivity (Wildman–Crippen MR) is 113 cm³/mol. The van der Waals surface area contributed by atoms with Gasteiger partial charge in [0.2, 0.25) is 10.0 Å². The molecular weight excluding hydrogens is 408 g/mol. The Kier molecular flexibility index (Phi) is 5.68. The second-order valence-electron chi connectivity index (χ2n) is 7.93. The van der Waals surface area contributed by atoms with Gasteiger partial charge in [0.05, 0.1) is 9.79 Å². The van der Waals surface area contributed by atoms with Crippen molar-refractivity contribution in [3.8, 4) is 0 Å². The zero-order chi connectivity index (χ0) is 20.5. The molecule has 0 aliphatic heterocycles. The van der Waals surface area contributed by atoms with Crippen molar-refractivity contribution < 1.29 is 16.8 Å². The van der Waals surface area contributed by atoms with E-state index in [4.69, 9.17) is 0 Å². The van der Waals surface area contributed by atoms with Crippen molar-refractivity contribution in [3.05, 3.63) is 54.1 Å². The smallest absolute Gasteiger partial charge is 0.261 e. The fourth-order valence-electron chi connectivity index (χ4n) is 3.76. The Morgan fingerprint density at radius 1 is 0.655 bits per heavy atom. The summed E-state index contributed by atoms with van der Waals surface area (Å²) >= 11 is 0. The van der Waals surface area contributed by atoms with Gasteiger partial charge in [-0.25, -0.2) is 21.6 Å². The fraction of sp³-hybridized carbons (Fsp3) is 0.429. The molecular formula is C21H26N2O4S2. The average Bonchev–Trinajstić information content (AvgIpc) is 3.52. The van der Waals surface area contributed by atoms with Crippen molar-refractivity contribution >= 4 is 25.7 Å². The second kappa shape index (κ2) is 8.08. The summed E-state index contributed by atoms with van der Waals surface area (Å²) in [6, 6.07) is 12.9. The number of hydrogen-bond acceptors (Lipinski definition) is 4. The highest BCUT2D eigenvalue weighted by molar-refractivity contribution is 7.92. The van der Waals surface area contributed by atoms with Crippen molar-refractivity contribution in [1.82, 2.24) is 4.72 Å². The first kappa shape index (κ1) is 20.4. The first-order valence-electron chi connectivity index (χ1n) is 10.1. The number of nitrogens with one attached hydrogen (secondary N) is 2. The Bertz CT molecular complexity index is 1050. The predicted octanol–water partition coefficient (Wildman–Crippen LogP) is 3.98. The summed E-state index contributed by atoms with van der Waals surface area (Å²) in [5.41, 5.74) is 1.52. The minimum atomic E-state index is -3.73. The Hall–Kier alpha value is -1.90. The summed E-state index contributed by atoms with van der Waals surface area (Å²) in [6.07, 6.45) is 7.78. The molecule has 0 aromatic heterocycles. The van der Waals surface area contributed by atoms with E-state index in [-0.39, 0.29) is 15.8 Å². The number of rotatable bonds is 7. The van der Waals surface area contributed by atoms with Gasteiger partial charge >= 0.3 is 0 Å². The maximum atomic E-state index is 12.7. The molecule has 0 spiro atoms. The van der Waals surface area contributed by atoms with Gasteiger partial charge in [0.15, 0.2) is 0 Å². The summed E-state index contributed by atoms with van der Waals surface area (Å²) in [6.45, 7) is 0. The van der Waals surface area contributed by atoms with Crippen LogP contribution in [0.1, 0.15) is 56.4 Å². The molecule has 0 atom stereocenters. The lowest BCUT2D eigenvalue weighted by Crippen LogP contribution is -2.25. The van der Waals surface area contributed by atoms with Crippen LogP contribution >= 0.6 is 0 Å². The molecule has 0 amide bonds. The van der Waals surface area contributed by atoms with Crippen LogP contribution in [0.5, 0.6) is 0 Å². The van der Waals surface area contributed by atoms with Gasteiger partial charge in [-0.3, -0.25) is 4.72 Å². The van der Waals surface area contributed by atoms with Gasteiger partial charge in [0.1, 0.15) is 0 Å². The molecule has 2 fully saturated rings. The standard InChI is InChI=1S/C21H26N2O4S2/c24-28(25,20-12-6-17(7-13-20)16-4-2-1-3-5-16)23-19-10-14-21(15-11-19)29(26,27)22-18-8-9-18/h6-7,10-16,18,22-23H,1-5,8-9H2. The summed E-state index contributed by atoms with van der Waals surface area (Å²) in [5.74, 6) is 0.521. The SMILES string of the molecule is O=S(=O)(Nc1ccc(S(=O)(=O)NC2CC2)cc1)c1ccc(C2CCCCC2)cc1. The molecule has 2 N–H and O–H groups in total. The molecule has 0 saturated heterocycles. The summed E-state index contributed by atoms with van der Waals surface area (Å²) in [7, 11) is -7.29. The molecule has 2 aromatic rings. The van der Waals surface area contributed by atoms with E-state index in [1.54, 1.807) is 12.1 Å². The molecule has 0 unspecified atom stereocenters. The van der Waals surface area contributed by atoms with Gasteiger partial charge in [-0.1, -0.05) is 31.4 Å². The Balaban J connectivity index is 1.45.